The molecule has 0 saturated carbocycles. The molecule has 0 spiro atoms. The van der Waals surface area contributed by atoms with Crippen LogP contribution >= 0.6 is 11.8 Å². The molecular weight excluding hydrogens is 436 g/mol. The van der Waals surface area contributed by atoms with Gasteiger partial charge in [-0.25, -0.2) is 4.68 Å². The molecule has 1 aromatic heterocycles. The fourth-order valence-corrected chi connectivity index (χ4v) is 4.47. The zero-order valence-electron chi connectivity index (χ0n) is 17.6. The van der Waals surface area contributed by atoms with E-state index in [4.69, 9.17) is 14.2 Å². The molecule has 1 amide bonds. The highest BCUT2D eigenvalue weighted by atomic mass is 32.2. The van der Waals surface area contributed by atoms with Gasteiger partial charge in [0.15, 0.2) is 11.5 Å². The van der Waals surface area contributed by atoms with E-state index in [1.165, 1.54) is 33.5 Å². The number of carbonyl (C=O) groups excluding carboxylic acids is 1. The normalized spacial score (nSPS) is 12.2. The number of nitro benzene ring substituents is 1. The van der Waals surface area contributed by atoms with Crippen molar-refractivity contribution in [2.45, 2.75) is 11.5 Å². The van der Waals surface area contributed by atoms with Crippen LogP contribution in [0.4, 0.5) is 11.5 Å². The average Bonchev–Trinajstić information content (AvgIpc) is 3.40. The molecule has 1 N–H and O–H groups in total. The number of amides is 1. The number of ether oxygens (including phenoxy) is 3. The van der Waals surface area contributed by atoms with Crippen molar-refractivity contribution in [1.29, 1.82) is 0 Å². The first-order chi connectivity index (χ1) is 15.5. The number of hydrogen-bond donors (Lipinski definition) is 1. The van der Waals surface area contributed by atoms with E-state index in [1.54, 1.807) is 40.7 Å². The van der Waals surface area contributed by atoms with Gasteiger partial charge < -0.3 is 19.5 Å². The van der Waals surface area contributed by atoms with Crippen LogP contribution in [-0.2, 0) is 11.5 Å². The number of nitrogens with one attached hydrogen (secondary N) is 1. The number of aromatic nitrogens is 2. The lowest BCUT2D eigenvalue weighted by atomic mass is 10.1. The molecule has 0 bridgehead atoms. The first-order valence-electron chi connectivity index (χ1n) is 9.51. The molecule has 166 valence electrons. The summed E-state index contributed by atoms with van der Waals surface area (Å²) in [5, 5.41) is 18.5. The van der Waals surface area contributed by atoms with Gasteiger partial charge in [-0.2, -0.15) is 16.9 Å². The average molecular weight is 456 g/mol. The fraction of sp³-hybridized carbons (Fsp3) is 0.238. The number of carbonyl (C=O) groups is 1. The summed E-state index contributed by atoms with van der Waals surface area (Å²) in [4.78, 5) is 23.7. The standard InChI is InChI=1S/C21H20N4O6S/c1-29-17-8-12(9-18(30-2)19(17)31-3)21(26)22-20-15-10-32-11-16(15)23-24(20)13-4-6-14(7-5-13)25(27)28/h4-9H,10-11H2,1-3H3,(H,22,26). The molecule has 32 heavy (non-hydrogen) atoms. The molecule has 0 radical (unpaired) electrons. The number of rotatable bonds is 7. The monoisotopic (exact) mass is 456 g/mol. The molecule has 2 heterocycles. The largest absolute Gasteiger partial charge is 0.493 e. The number of nitro groups is 1. The van der Waals surface area contributed by atoms with Crippen LogP contribution < -0.4 is 19.5 Å². The quantitative estimate of drug-likeness (QED) is 0.421. The Kier molecular flexibility index (Phi) is 5.91. The third-order valence-corrected chi connectivity index (χ3v) is 5.99. The molecule has 3 aromatic rings. The molecular formula is C21H20N4O6S. The van der Waals surface area contributed by atoms with Crippen LogP contribution in [0.2, 0.25) is 0 Å². The Morgan fingerprint density at radius 3 is 2.31 bits per heavy atom. The summed E-state index contributed by atoms with van der Waals surface area (Å²) in [7, 11) is 4.45. The SMILES string of the molecule is COc1cc(C(=O)Nc2c3c(nn2-c2ccc([N+](=O)[O-])cc2)CSC3)cc(OC)c1OC. The van der Waals surface area contributed by atoms with Crippen molar-refractivity contribution in [3.63, 3.8) is 0 Å². The van der Waals surface area contributed by atoms with Crippen LogP contribution in [0.3, 0.4) is 0 Å². The highest BCUT2D eigenvalue weighted by Crippen LogP contribution is 2.39. The smallest absolute Gasteiger partial charge is 0.269 e. The van der Waals surface area contributed by atoms with E-state index >= 15 is 0 Å². The van der Waals surface area contributed by atoms with Crippen LogP contribution in [0, 0.1) is 10.1 Å². The number of non-ortho nitro benzene ring substituents is 1. The number of thioether (sulfide) groups is 1. The lowest BCUT2D eigenvalue weighted by molar-refractivity contribution is -0.384. The van der Waals surface area contributed by atoms with Crippen LogP contribution in [0.1, 0.15) is 21.6 Å². The van der Waals surface area contributed by atoms with Gasteiger partial charge in [0.2, 0.25) is 5.75 Å². The minimum Gasteiger partial charge on any atom is -0.493 e. The Bertz CT molecular complexity index is 1170. The Hall–Kier alpha value is -3.73. The number of nitrogens with zero attached hydrogens (tertiary/aromatic N) is 3. The summed E-state index contributed by atoms with van der Waals surface area (Å²) < 4.78 is 17.6. The number of methoxy groups -OCH3 is 3. The summed E-state index contributed by atoms with van der Waals surface area (Å²) in [6.45, 7) is 0. The summed E-state index contributed by atoms with van der Waals surface area (Å²) in [5.41, 5.74) is 2.69. The first-order valence-corrected chi connectivity index (χ1v) is 10.7. The van der Waals surface area contributed by atoms with Gasteiger partial charge in [0, 0.05) is 34.8 Å². The van der Waals surface area contributed by atoms with Crippen LogP contribution in [0.25, 0.3) is 5.69 Å². The van der Waals surface area contributed by atoms with Gasteiger partial charge in [-0.3, -0.25) is 14.9 Å². The van der Waals surface area contributed by atoms with Gasteiger partial charge in [0.05, 0.1) is 37.6 Å². The maximum absolute atomic E-state index is 13.2. The molecule has 1 aliphatic heterocycles. The van der Waals surface area contributed by atoms with Gasteiger partial charge in [-0.05, 0) is 24.3 Å². The van der Waals surface area contributed by atoms with Crippen molar-refractivity contribution in [2.75, 3.05) is 26.6 Å². The van der Waals surface area contributed by atoms with Crippen molar-refractivity contribution in [2.24, 2.45) is 0 Å². The summed E-state index contributed by atoms with van der Waals surface area (Å²) in [6.07, 6.45) is 0. The molecule has 11 heteroatoms. The molecule has 1 aliphatic rings. The van der Waals surface area contributed by atoms with Crippen molar-refractivity contribution >= 4 is 29.2 Å². The highest BCUT2D eigenvalue weighted by Gasteiger charge is 2.26. The van der Waals surface area contributed by atoms with Crippen LogP contribution in [0.15, 0.2) is 36.4 Å². The second-order valence-electron chi connectivity index (χ2n) is 6.82. The van der Waals surface area contributed by atoms with Gasteiger partial charge >= 0.3 is 0 Å². The highest BCUT2D eigenvalue weighted by molar-refractivity contribution is 7.98. The summed E-state index contributed by atoms with van der Waals surface area (Å²) in [5.74, 6) is 2.68. The zero-order chi connectivity index (χ0) is 22.8. The van der Waals surface area contributed by atoms with Gasteiger partial charge in [0.25, 0.3) is 11.6 Å². The van der Waals surface area contributed by atoms with E-state index in [0.29, 0.717) is 40.1 Å². The molecule has 0 aliphatic carbocycles. The van der Waals surface area contributed by atoms with E-state index < -0.39 is 4.92 Å². The number of fused-ring (bicyclic) bond motifs is 1. The van der Waals surface area contributed by atoms with Crippen LogP contribution in [0.5, 0.6) is 17.2 Å². The lowest BCUT2D eigenvalue weighted by Crippen LogP contribution is -2.16. The predicted octanol–water partition coefficient (Wildman–Crippen LogP) is 3.81. The van der Waals surface area contributed by atoms with E-state index in [2.05, 4.69) is 10.4 Å². The minimum absolute atomic E-state index is 0.0213. The predicted molar refractivity (Wildman–Crippen MR) is 119 cm³/mol. The van der Waals surface area contributed by atoms with Gasteiger partial charge in [-0.15, -0.1) is 0 Å². The Morgan fingerprint density at radius 1 is 1.09 bits per heavy atom. The molecule has 0 fully saturated rings. The van der Waals surface area contributed by atoms with Gasteiger partial charge in [0.1, 0.15) is 5.82 Å². The first kappa shape index (κ1) is 21.5. The Morgan fingerprint density at radius 2 is 1.75 bits per heavy atom. The molecule has 0 unspecified atom stereocenters. The summed E-state index contributed by atoms with van der Waals surface area (Å²) >= 11 is 1.70. The number of benzene rings is 2. The molecule has 0 saturated heterocycles. The van der Waals surface area contributed by atoms with Crippen molar-refractivity contribution in [3.05, 3.63) is 63.3 Å². The van der Waals surface area contributed by atoms with Gasteiger partial charge in [-0.1, -0.05) is 0 Å². The fourth-order valence-electron chi connectivity index (χ4n) is 3.44. The second-order valence-corrected chi connectivity index (χ2v) is 7.81. The molecule has 10 nitrogen and oxygen atoms in total. The van der Waals surface area contributed by atoms with E-state index in [-0.39, 0.29) is 11.6 Å². The Balaban J connectivity index is 1.72. The lowest BCUT2D eigenvalue weighted by Gasteiger charge is -2.15. The zero-order valence-corrected chi connectivity index (χ0v) is 18.4. The maximum Gasteiger partial charge on any atom is 0.269 e. The van der Waals surface area contributed by atoms with Crippen molar-refractivity contribution < 1.29 is 23.9 Å². The topological polar surface area (TPSA) is 118 Å². The third-order valence-electron chi connectivity index (χ3n) is 5.02. The third kappa shape index (κ3) is 3.82. The number of hydrogen-bond acceptors (Lipinski definition) is 8. The van der Waals surface area contributed by atoms with Crippen molar-refractivity contribution in [1.82, 2.24) is 9.78 Å². The van der Waals surface area contributed by atoms with E-state index in [1.807, 2.05) is 0 Å². The number of anilines is 1. The minimum atomic E-state index is -0.462. The maximum atomic E-state index is 13.2. The summed E-state index contributed by atoms with van der Waals surface area (Å²) in [6, 6.07) is 9.14. The van der Waals surface area contributed by atoms with E-state index in [9.17, 15) is 14.9 Å². The van der Waals surface area contributed by atoms with Crippen LogP contribution in [-0.4, -0.2) is 41.9 Å². The molecule has 4 rings (SSSR count). The Labute approximate surface area is 187 Å². The van der Waals surface area contributed by atoms with Crippen molar-refractivity contribution in [3.8, 4) is 22.9 Å². The second kappa shape index (κ2) is 8.79. The molecule has 0 atom stereocenters. The molecule has 2 aromatic carbocycles. The van der Waals surface area contributed by atoms with E-state index in [0.717, 1.165) is 17.0 Å².